The summed E-state index contributed by atoms with van der Waals surface area (Å²) in [5.41, 5.74) is 6.58. The Balaban J connectivity index is 1.85. The third kappa shape index (κ3) is 3.40. The van der Waals surface area contributed by atoms with E-state index < -0.39 is 0 Å². The lowest BCUT2D eigenvalue weighted by atomic mass is 9.83. The molecule has 0 spiro atoms. The minimum absolute atomic E-state index is 0.0108. The summed E-state index contributed by atoms with van der Waals surface area (Å²) >= 11 is 0. The quantitative estimate of drug-likeness (QED) is 0.759. The van der Waals surface area contributed by atoms with E-state index in [1.807, 2.05) is 6.92 Å². The Kier molecular flexibility index (Phi) is 4.81. The molecule has 1 fully saturated rings. The summed E-state index contributed by atoms with van der Waals surface area (Å²) in [6.45, 7) is 2.55. The van der Waals surface area contributed by atoms with Crippen LogP contribution in [-0.4, -0.2) is 37.9 Å². The van der Waals surface area contributed by atoms with Crippen LogP contribution < -0.4 is 21.1 Å². The molecule has 4 N–H and O–H groups in total. The smallest absolute Gasteiger partial charge is 0.319 e. The van der Waals surface area contributed by atoms with Crippen molar-refractivity contribution in [2.24, 2.45) is 5.73 Å². The van der Waals surface area contributed by atoms with Crippen molar-refractivity contribution in [1.29, 1.82) is 0 Å². The molecule has 0 aromatic heterocycles. The molecule has 2 rings (SSSR count). The summed E-state index contributed by atoms with van der Waals surface area (Å²) < 4.78 is 10.6. The maximum atomic E-state index is 11.9. The Hall–Kier alpha value is -1.79. The number of nitrogens with one attached hydrogen (secondary N) is 2. The first-order chi connectivity index (χ1) is 9.63. The molecule has 3 atom stereocenters. The van der Waals surface area contributed by atoms with Gasteiger partial charge in [0.25, 0.3) is 0 Å². The fourth-order valence-electron chi connectivity index (χ4n) is 2.22. The Morgan fingerprint density at radius 2 is 2.10 bits per heavy atom. The van der Waals surface area contributed by atoms with E-state index in [1.54, 1.807) is 31.4 Å². The van der Waals surface area contributed by atoms with Crippen molar-refractivity contribution in [2.45, 2.75) is 31.5 Å². The Morgan fingerprint density at radius 3 is 2.65 bits per heavy atom. The highest BCUT2D eigenvalue weighted by Gasteiger charge is 2.40. The molecule has 6 heteroatoms. The van der Waals surface area contributed by atoms with Crippen LogP contribution in [0.3, 0.4) is 0 Å². The normalized spacial score (nSPS) is 24.6. The number of rotatable bonds is 5. The van der Waals surface area contributed by atoms with E-state index in [2.05, 4.69) is 10.6 Å². The topological polar surface area (TPSA) is 85.6 Å². The third-order valence-electron chi connectivity index (χ3n) is 3.39. The monoisotopic (exact) mass is 279 g/mol. The van der Waals surface area contributed by atoms with Crippen molar-refractivity contribution >= 4 is 11.7 Å². The van der Waals surface area contributed by atoms with Crippen LogP contribution in [0.2, 0.25) is 0 Å². The lowest BCUT2D eigenvalue weighted by Gasteiger charge is -2.42. The Morgan fingerprint density at radius 1 is 1.40 bits per heavy atom. The first kappa shape index (κ1) is 14.6. The zero-order valence-corrected chi connectivity index (χ0v) is 11.8. The van der Waals surface area contributed by atoms with Crippen molar-refractivity contribution < 1.29 is 14.3 Å². The van der Waals surface area contributed by atoms with Gasteiger partial charge in [0.15, 0.2) is 0 Å². The minimum Gasteiger partial charge on any atom is -0.497 e. The summed E-state index contributed by atoms with van der Waals surface area (Å²) in [6.07, 6.45) is 0.790. The van der Waals surface area contributed by atoms with Gasteiger partial charge in [-0.3, -0.25) is 0 Å². The molecule has 0 saturated heterocycles. The molecule has 1 saturated carbocycles. The van der Waals surface area contributed by atoms with Crippen molar-refractivity contribution in [1.82, 2.24) is 5.32 Å². The fourth-order valence-corrected chi connectivity index (χ4v) is 2.22. The van der Waals surface area contributed by atoms with Crippen LogP contribution >= 0.6 is 0 Å². The molecule has 0 aliphatic heterocycles. The van der Waals surface area contributed by atoms with E-state index in [-0.39, 0.29) is 24.2 Å². The van der Waals surface area contributed by atoms with Crippen LogP contribution in [-0.2, 0) is 4.74 Å². The molecule has 0 radical (unpaired) electrons. The van der Waals surface area contributed by atoms with Crippen LogP contribution in [0.5, 0.6) is 5.75 Å². The molecule has 1 aromatic carbocycles. The second kappa shape index (κ2) is 6.58. The predicted octanol–water partition coefficient (Wildman–Crippen LogP) is 1.32. The number of urea groups is 1. The van der Waals surface area contributed by atoms with Gasteiger partial charge in [-0.15, -0.1) is 0 Å². The highest BCUT2D eigenvalue weighted by molar-refractivity contribution is 5.89. The number of carbonyl (C=O) groups is 1. The molecule has 1 aromatic rings. The second-order valence-electron chi connectivity index (χ2n) is 4.75. The highest BCUT2D eigenvalue weighted by atomic mass is 16.5. The van der Waals surface area contributed by atoms with Crippen LogP contribution in [0.4, 0.5) is 10.5 Å². The number of anilines is 1. The molecule has 1 aliphatic carbocycles. The number of hydrogen-bond acceptors (Lipinski definition) is 4. The lowest BCUT2D eigenvalue weighted by Crippen LogP contribution is -2.65. The molecule has 20 heavy (non-hydrogen) atoms. The maximum absolute atomic E-state index is 11.9. The number of amides is 2. The Bertz CT molecular complexity index is 447. The van der Waals surface area contributed by atoms with Gasteiger partial charge in [-0.1, -0.05) is 0 Å². The summed E-state index contributed by atoms with van der Waals surface area (Å²) in [6, 6.07) is 6.67. The van der Waals surface area contributed by atoms with E-state index in [9.17, 15) is 4.79 Å². The van der Waals surface area contributed by atoms with E-state index in [0.29, 0.717) is 12.3 Å². The molecular weight excluding hydrogens is 258 g/mol. The van der Waals surface area contributed by atoms with Gasteiger partial charge in [-0.05, 0) is 37.6 Å². The first-order valence-corrected chi connectivity index (χ1v) is 6.72. The molecular formula is C14H21N3O3. The standard InChI is InChI=1S/C14H21N3O3/c1-3-20-12-8-11(15)13(12)17-14(18)16-9-4-6-10(19-2)7-5-9/h4-7,11-13H,3,8,15H2,1-2H3,(H2,16,17,18). The highest BCUT2D eigenvalue weighted by Crippen LogP contribution is 2.22. The number of hydrogen-bond donors (Lipinski definition) is 3. The molecule has 3 unspecified atom stereocenters. The van der Waals surface area contributed by atoms with Crippen LogP contribution in [0.1, 0.15) is 13.3 Å². The lowest BCUT2D eigenvalue weighted by molar-refractivity contribution is -0.0277. The van der Waals surface area contributed by atoms with Gasteiger partial charge >= 0.3 is 6.03 Å². The summed E-state index contributed by atoms with van der Waals surface area (Å²) in [7, 11) is 1.60. The third-order valence-corrected chi connectivity index (χ3v) is 3.39. The predicted molar refractivity (Wildman–Crippen MR) is 76.9 cm³/mol. The first-order valence-electron chi connectivity index (χ1n) is 6.72. The number of carbonyl (C=O) groups excluding carboxylic acids is 1. The molecule has 2 amide bonds. The van der Waals surface area contributed by atoms with E-state index in [0.717, 1.165) is 12.2 Å². The largest absolute Gasteiger partial charge is 0.497 e. The van der Waals surface area contributed by atoms with Gasteiger partial charge < -0.3 is 25.8 Å². The van der Waals surface area contributed by atoms with Crippen molar-refractivity contribution in [3.8, 4) is 5.75 Å². The van der Waals surface area contributed by atoms with Gasteiger partial charge in [-0.25, -0.2) is 4.79 Å². The van der Waals surface area contributed by atoms with Crippen LogP contribution in [0.25, 0.3) is 0 Å². The molecule has 0 heterocycles. The van der Waals surface area contributed by atoms with Gasteiger partial charge in [0.05, 0.1) is 19.3 Å². The van der Waals surface area contributed by atoms with Crippen LogP contribution in [0, 0.1) is 0 Å². The molecule has 0 bridgehead atoms. The van der Waals surface area contributed by atoms with E-state index in [4.69, 9.17) is 15.2 Å². The van der Waals surface area contributed by atoms with Crippen molar-refractivity contribution in [3.63, 3.8) is 0 Å². The summed E-state index contributed by atoms with van der Waals surface area (Å²) in [4.78, 5) is 11.9. The van der Waals surface area contributed by atoms with Gasteiger partial charge in [0.2, 0.25) is 0 Å². The van der Waals surface area contributed by atoms with Crippen molar-refractivity contribution in [2.75, 3.05) is 19.0 Å². The zero-order chi connectivity index (χ0) is 14.5. The van der Waals surface area contributed by atoms with E-state index >= 15 is 0 Å². The van der Waals surface area contributed by atoms with Gasteiger partial charge in [0.1, 0.15) is 5.75 Å². The average Bonchev–Trinajstić information content (AvgIpc) is 2.45. The average molecular weight is 279 g/mol. The van der Waals surface area contributed by atoms with Crippen LogP contribution in [0.15, 0.2) is 24.3 Å². The van der Waals surface area contributed by atoms with Gasteiger partial charge in [0, 0.05) is 18.3 Å². The van der Waals surface area contributed by atoms with Crippen molar-refractivity contribution in [3.05, 3.63) is 24.3 Å². The second-order valence-corrected chi connectivity index (χ2v) is 4.75. The number of benzene rings is 1. The number of nitrogens with two attached hydrogens (primary N) is 1. The minimum atomic E-state index is -0.278. The molecule has 6 nitrogen and oxygen atoms in total. The van der Waals surface area contributed by atoms with Gasteiger partial charge in [-0.2, -0.15) is 0 Å². The fraction of sp³-hybridized carbons (Fsp3) is 0.500. The number of ether oxygens (including phenoxy) is 2. The Labute approximate surface area is 118 Å². The maximum Gasteiger partial charge on any atom is 0.319 e. The zero-order valence-electron chi connectivity index (χ0n) is 11.8. The molecule has 1 aliphatic rings. The van der Waals surface area contributed by atoms with E-state index in [1.165, 1.54) is 0 Å². The summed E-state index contributed by atoms with van der Waals surface area (Å²) in [5, 5.41) is 5.61. The number of methoxy groups -OCH3 is 1. The SMILES string of the molecule is CCOC1CC(N)C1NC(=O)Nc1ccc(OC)cc1. The summed E-state index contributed by atoms with van der Waals surface area (Å²) in [5.74, 6) is 0.744. The molecule has 110 valence electrons.